The monoisotopic (exact) mass is 441 g/mol. The van der Waals surface area contributed by atoms with Crippen LogP contribution in [0.2, 0.25) is 0 Å². The van der Waals surface area contributed by atoms with Crippen molar-refractivity contribution in [1.29, 1.82) is 0 Å². The highest BCUT2D eigenvalue weighted by Crippen LogP contribution is 2.20. The van der Waals surface area contributed by atoms with Crippen LogP contribution in [0.15, 0.2) is 33.7 Å². The zero-order chi connectivity index (χ0) is 22.9. The fraction of sp³-hybridized carbons (Fsp3) is 0.600. The molecule has 1 aliphatic rings. The Balaban J connectivity index is 1.42. The van der Waals surface area contributed by atoms with Crippen molar-refractivity contribution in [1.82, 2.24) is 20.1 Å². The Morgan fingerprint density at radius 3 is 2.56 bits per heavy atom. The lowest BCUT2D eigenvalue weighted by Gasteiger charge is -2.30. The lowest BCUT2D eigenvalue weighted by Crippen LogP contribution is -2.41. The summed E-state index contributed by atoms with van der Waals surface area (Å²) in [6, 6.07) is 8.18. The van der Waals surface area contributed by atoms with Gasteiger partial charge in [-0.15, -0.1) is 0 Å². The maximum atomic E-state index is 5.88. The fourth-order valence-electron chi connectivity index (χ4n) is 3.85. The summed E-state index contributed by atoms with van der Waals surface area (Å²) in [6.07, 6.45) is 2.31. The third-order valence-corrected chi connectivity index (χ3v) is 6.05. The topological polar surface area (TPSA) is 66.1 Å². The minimum Gasteiger partial charge on any atom is -0.492 e. The number of aliphatic imine (C=N–C) groups is 1. The number of piperidine rings is 1. The Bertz CT molecular complexity index is 834. The van der Waals surface area contributed by atoms with E-state index in [1.807, 2.05) is 26.0 Å². The van der Waals surface area contributed by atoms with E-state index in [2.05, 4.69) is 53.1 Å². The second-order valence-electron chi connectivity index (χ2n) is 8.75. The fourth-order valence-corrected chi connectivity index (χ4v) is 3.85. The Morgan fingerprint density at radius 1 is 1.22 bits per heavy atom. The van der Waals surface area contributed by atoms with Gasteiger partial charge in [0.05, 0.1) is 18.8 Å². The van der Waals surface area contributed by atoms with Crippen LogP contribution in [0.5, 0.6) is 5.75 Å². The molecule has 0 atom stereocenters. The maximum absolute atomic E-state index is 5.88. The van der Waals surface area contributed by atoms with Crippen molar-refractivity contribution >= 4 is 5.96 Å². The molecule has 1 aliphatic heterocycles. The quantitative estimate of drug-likeness (QED) is 0.472. The number of guanidine groups is 1. The molecule has 176 valence electrons. The van der Waals surface area contributed by atoms with Crippen LogP contribution in [0, 0.1) is 26.7 Å². The van der Waals surface area contributed by atoms with Crippen molar-refractivity contribution in [2.45, 2.75) is 47.1 Å². The van der Waals surface area contributed by atoms with E-state index in [9.17, 15) is 0 Å². The highest BCUT2D eigenvalue weighted by atomic mass is 16.5. The third-order valence-electron chi connectivity index (χ3n) is 6.05. The number of oxazole rings is 1. The van der Waals surface area contributed by atoms with Crippen LogP contribution < -0.4 is 10.1 Å². The van der Waals surface area contributed by atoms with Gasteiger partial charge in [-0.05, 0) is 71.7 Å². The number of nitrogens with zero attached hydrogens (tertiary/aromatic N) is 4. The lowest BCUT2D eigenvalue weighted by molar-refractivity contribution is 0.166. The number of hydrogen-bond acceptors (Lipinski definition) is 5. The summed E-state index contributed by atoms with van der Waals surface area (Å²) in [5.41, 5.74) is 2.23. The number of nitrogens with one attached hydrogen (secondary N) is 1. The molecule has 0 saturated carbocycles. The molecule has 1 N–H and O–H groups in total. The number of aromatic nitrogens is 1. The Labute approximate surface area is 192 Å². The van der Waals surface area contributed by atoms with E-state index in [0.29, 0.717) is 12.5 Å². The molecule has 0 radical (unpaired) electrons. The van der Waals surface area contributed by atoms with Gasteiger partial charge in [-0.25, -0.2) is 4.98 Å². The molecule has 2 aromatic rings. The molecule has 0 amide bonds. The highest BCUT2D eigenvalue weighted by Gasteiger charge is 2.21. The van der Waals surface area contributed by atoms with E-state index in [1.54, 1.807) is 0 Å². The number of likely N-dealkylation sites (N-methyl/N-ethyl adjacent to an activating group) is 1. The molecule has 2 heterocycles. The second kappa shape index (κ2) is 11.9. The summed E-state index contributed by atoms with van der Waals surface area (Å²) < 4.78 is 11.6. The van der Waals surface area contributed by atoms with Crippen molar-refractivity contribution in [2.75, 3.05) is 46.4 Å². The minimum absolute atomic E-state index is 0.616. The van der Waals surface area contributed by atoms with Crippen LogP contribution in [0.3, 0.4) is 0 Å². The summed E-state index contributed by atoms with van der Waals surface area (Å²) in [5.74, 6) is 4.24. The third kappa shape index (κ3) is 7.26. The Morgan fingerprint density at radius 2 is 1.94 bits per heavy atom. The van der Waals surface area contributed by atoms with Gasteiger partial charge in [0, 0.05) is 20.1 Å². The molecular weight excluding hydrogens is 402 g/mol. The molecule has 0 spiro atoms. The van der Waals surface area contributed by atoms with E-state index in [-0.39, 0.29) is 0 Å². The van der Waals surface area contributed by atoms with Crippen LogP contribution in [-0.2, 0) is 6.54 Å². The van der Waals surface area contributed by atoms with Gasteiger partial charge < -0.3 is 19.4 Å². The predicted octanol–water partition coefficient (Wildman–Crippen LogP) is 3.79. The van der Waals surface area contributed by atoms with Gasteiger partial charge in [-0.3, -0.25) is 9.89 Å². The zero-order valence-electron chi connectivity index (χ0n) is 20.4. The van der Waals surface area contributed by atoms with Crippen LogP contribution in [0.25, 0.3) is 0 Å². The summed E-state index contributed by atoms with van der Waals surface area (Å²) in [5, 5.41) is 3.42. The number of rotatable bonds is 9. The Kier molecular flexibility index (Phi) is 8.97. The largest absolute Gasteiger partial charge is 0.492 e. The molecule has 7 nitrogen and oxygen atoms in total. The first-order chi connectivity index (χ1) is 15.4. The van der Waals surface area contributed by atoms with Crippen molar-refractivity contribution in [3.63, 3.8) is 0 Å². The molecule has 32 heavy (non-hydrogen) atoms. The normalized spacial score (nSPS) is 15.7. The lowest BCUT2D eigenvalue weighted by atomic mass is 9.97. The molecule has 1 saturated heterocycles. The SMILES string of the molecule is CCNC(=NCC1CCN(Cc2nc(C)c(C)o2)CC1)N(C)CCOc1ccc(C)cc1. The summed E-state index contributed by atoms with van der Waals surface area (Å²) in [7, 11) is 2.07. The predicted molar refractivity (Wildman–Crippen MR) is 129 cm³/mol. The molecule has 1 fully saturated rings. The smallest absolute Gasteiger partial charge is 0.208 e. The first kappa shape index (κ1) is 24.1. The van der Waals surface area contributed by atoms with E-state index in [1.165, 1.54) is 5.56 Å². The number of ether oxygens (including phenoxy) is 1. The summed E-state index contributed by atoms with van der Waals surface area (Å²) in [6.45, 7) is 14.2. The number of hydrogen-bond donors (Lipinski definition) is 1. The summed E-state index contributed by atoms with van der Waals surface area (Å²) in [4.78, 5) is 14.0. The van der Waals surface area contributed by atoms with Crippen LogP contribution >= 0.6 is 0 Å². The van der Waals surface area contributed by atoms with Crippen molar-refractivity contribution in [3.8, 4) is 5.75 Å². The number of aryl methyl sites for hydroxylation is 3. The van der Waals surface area contributed by atoms with Crippen molar-refractivity contribution in [2.24, 2.45) is 10.9 Å². The van der Waals surface area contributed by atoms with E-state index in [0.717, 1.165) is 81.2 Å². The van der Waals surface area contributed by atoms with Gasteiger partial charge in [0.15, 0.2) is 5.96 Å². The van der Waals surface area contributed by atoms with Crippen LogP contribution in [0.4, 0.5) is 0 Å². The first-order valence-corrected chi connectivity index (χ1v) is 11.8. The van der Waals surface area contributed by atoms with Gasteiger partial charge in [0.1, 0.15) is 18.1 Å². The first-order valence-electron chi connectivity index (χ1n) is 11.8. The molecule has 7 heteroatoms. The van der Waals surface area contributed by atoms with Crippen molar-refractivity contribution < 1.29 is 9.15 Å². The molecule has 0 bridgehead atoms. The average Bonchev–Trinajstić information content (AvgIpc) is 3.10. The molecule has 1 aromatic carbocycles. The van der Waals surface area contributed by atoms with Gasteiger partial charge in [-0.1, -0.05) is 17.7 Å². The van der Waals surface area contributed by atoms with Gasteiger partial charge in [0.2, 0.25) is 5.89 Å². The second-order valence-corrected chi connectivity index (χ2v) is 8.75. The number of likely N-dealkylation sites (tertiary alicyclic amines) is 1. The molecule has 0 unspecified atom stereocenters. The van der Waals surface area contributed by atoms with Gasteiger partial charge in [-0.2, -0.15) is 0 Å². The minimum atomic E-state index is 0.616. The molecule has 0 aliphatic carbocycles. The van der Waals surface area contributed by atoms with E-state index in [4.69, 9.17) is 14.1 Å². The molecular formula is C25H39N5O2. The highest BCUT2D eigenvalue weighted by molar-refractivity contribution is 5.79. The van der Waals surface area contributed by atoms with Gasteiger partial charge >= 0.3 is 0 Å². The van der Waals surface area contributed by atoms with E-state index < -0.39 is 0 Å². The van der Waals surface area contributed by atoms with E-state index >= 15 is 0 Å². The molecule has 3 rings (SSSR count). The standard InChI is InChI=1S/C25H39N5O2/c1-6-26-25(29(5)15-16-31-23-9-7-19(2)8-10-23)27-17-22-11-13-30(14-12-22)18-24-28-20(3)21(4)32-24/h7-10,22H,6,11-18H2,1-5H3,(H,26,27). The maximum Gasteiger partial charge on any atom is 0.208 e. The van der Waals surface area contributed by atoms with Crippen molar-refractivity contribution in [3.05, 3.63) is 47.2 Å². The summed E-state index contributed by atoms with van der Waals surface area (Å²) >= 11 is 0. The van der Waals surface area contributed by atoms with Gasteiger partial charge in [0.25, 0.3) is 0 Å². The zero-order valence-corrected chi connectivity index (χ0v) is 20.4. The van der Waals surface area contributed by atoms with Crippen LogP contribution in [-0.4, -0.2) is 67.1 Å². The average molecular weight is 442 g/mol. The van der Waals surface area contributed by atoms with Crippen LogP contribution in [0.1, 0.15) is 42.7 Å². The number of benzene rings is 1. The Hall–Kier alpha value is -2.54. The molecule has 1 aromatic heterocycles.